The lowest BCUT2D eigenvalue weighted by Crippen LogP contribution is -2.43. The molecule has 8 heteroatoms. The third-order valence-electron chi connectivity index (χ3n) is 4.71. The Balaban J connectivity index is 1.53. The number of fused-ring (bicyclic) bond motifs is 2. The van der Waals surface area contributed by atoms with Gasteiger partial charge in [0.25, 0.3) is 5.91 Å². The van der Waals surface area contributed by atoms with Crippen LogP contribution in [0.3, 0.4) is 0 Å². The summed E-state index contributed by atoms with van der Waals surface area (Å²) in [5.74, 6) is -0.468. The predicted octanol–water partition coefficient (Wildman–Crippen LogP) is 0.752. The number of benzene rings is 1. The van der Waals surface area contributed by atoms with Crippen LogP contribution in [0.15, 0.2) is 36.5 Å². The second kappa shape index (κ2) is 5.44. The fraction of sp³-hybridized carbons (Fsp3) is 0.294. The number of carbonyl (C=O) groups excluding carboxylic acids is 3. The summed E-state index contributed by atoms with van der Waals surface area (Å²) in [6.07, 6.45) is 2.92. The molecule has 4 amide bonds. The van der Waals surface area contributed by atoms with Crippen molar-refractivity contribution in [3.8, 4) is 0 Å². The van der Waals surface area contributed by atoms with Crippen LogP contribution in [0.2, 0.25) is 0 Å². The molecule has 1 aromatic heterocycles. The maximum absolute atomic E-state index is 12.9. The van der Waals surface area contributed by atoms with E-state index in [0.717, 1.165) is 22.4 Å². The number of imide groups is 1. The van der Waals surface area contributed by atoms with E-state index in [-0.39, 0.29) is 12.5 Å². The predicted molar refractivity (Wildman–Crippen MR) is 88.5 cm³/mol. The number of aryl methyl sites for hydroxylation is 2. The average Bonchev–Trinajstić information content (AvgIpc) is 3.22. The zero-order valence-electron chi connectivity index (χ0n) is 13.7. The molecule has 2 aromatic rings. The van der Waals surface area contributed by atoms with E-state index < -0.39 is 17.5 Å². The van der Waals surface area contributed by atoms with Crippen molar-refractivity contribution in [3.63, 3.8) is 0 Å². The van der Waals surface area contributed by atoms with E-state index in [9.17, 15) is 14.4 Å². The minimum absolute atomic E-state index is 0.342. The molecule has 1 atom stereocenters. The van der Waals surface area contributed by atoms with Gasteiger partial charge in [-0.15, -0.1) is 0 Å². The third-order valence-corrected chi connectivity index (χ3v) is 4.71. The summed E-state index contributed by atoms with van der Waals surface area (Å²) in [6.45, 7) is -0.342. The van der Waals surface area contributed by atoms with Crippen molar-refractivity contribution in [3.05, 3.63) is 47.7 Å². The first-order valence-corrected chi connectivity index (χ1v) is 8.01. The van der Waals surface area contributed by atoms with Crippen molar-refractivity contribution in [1.82, 2.24) is 20.0 Å². The highest BCUT2D eigenvalue weighted by Gasteiger charge is 2.55. The fourth-order valence-electron chi connectivity index (χ4n) is 3.54. The van der Waals surface area contributed by atoms with Gasteiger partial charge in [-0.25, -0.2) is 4.79 Å². The lowest BCUT2D eigenvalue weighted by atomic mass is 9.92. The summed E-state index contributed by atoms with van der Waals surface area (Å²) in [7, 11) is 1.73. The molecule has 0 saturated carbocycles. The second-order valence-corrected chi connectivity index (χ2v) is 6.31. The molecule has 1 aliphatic heterocycles. The number of nitrogens with one attached hydrogen (secondary N) is 2. The molecule has 2 heterocycles. The van der Waals surface area contributed by atoms with Gasteiger partial charge in [0.15, 0.2) is 5.82 Å². The maximum Gasteiger partial charge on any atom is 0.325 e. The van der Waals surface area contributed by atoms with E-state index in [0.29, 0.717) is 12.2 Å². The van der Waals surface area contributed by atoms with Gasteiger partial charge in [-0.05, 0) is 24.0 Å². The Bertz CT molecular complexity index is 890. The van der Waals surface area contributed by atoms with Crippen LogP contribution in [0.1, 0.15) is 17.5 Å². The Morgan fingerprint density at radius 2 is 2.12 bits per heavy atom. The van der Waals surface area contributed by atoms with Gasteiger partial charge in [0, 0.05) is 19.3 Å². The third kappa shape index (κ3) is 2.37. The molecule has 4 rings (SSSR count). The Morgan fingerprint density at radius 3 is 2.88 bits per heavy atom. The number of rotatable bonds is 3. The molecular formula is C17H17N5O3. The van der Waals surface area contributed by atoms with E-state index in [1.165, 1.54) is 0 Å². The molecular weight excluding hydrogens is 322 g/mol. The van der Waals surface area contributed by atoms with E-state index in [1.54, 1.807) is 24.0 Å². The van der Waals surface area contributed by atoms with Gasteiger partial charge in [0.2, 0.25) is 5.91 Å². The van der Waals surface area contributed by atoms with Crippen LogP contribution in [-0.4, -0.2) is 39.1 Å². The molecule has 1 fully saturated rings. The van der Waals surface area contributed by atoms with Crippen LogP contribution in [0.5, 0.6) is 0 Å². The normalized spacial score (nSPS) is 21.6. The number of nitrogens with zero attached hydrogens (tertiary/aromatic N) is 3. The smallest absolute Gasteiger partial charge is 0.319 e. The maximum atomic E-state index is 12.9. The van der Waals surface area contributed by atoms with Crippen molar-refractivity contribution in [2.75, 3.05) is 11.9 Å². The molecule has 1 aromatic carbocycles. The van der Waals surface area contributed by atoms with Gasteiger partial charge >= 0.3 is 6.03 Å². The molecule has 2 aliphatic rings. The highest BCUT2D eigenvalue weighted by Crippen LogP contribution is 2.41. The highest BCUT2D eigenvalue weighted by molar-refractivity contribution is 6.10. The van der Waals surface area contributed by atoms with Gasteiger partial charge in [-0.2, -0.15) is 5.10 Å². The number of urea groups is 1. The van der Waals surface area contributed by atoms with Crippen molar-refractivity contribution >= 4 is 23.7 Å². The second-order valence-electron chi connectivity index (χ2n) is 6.31. The highest BCUT2D eigenvalue weighted by atomic mass is 16.2. The van der Waals surface area contributed by atoms with Crippen molar-refractivity contribution in [2.24, 2.45) is 7.05 Å². The molecule has 1 saturated heterocycles. The molecule has 25 heavy (non-hydrogen) atoms. The zero-order chi connectivity index (χ0) is 17.6. The molecule has 128 valence electrons. The summed E-state index contributed by atoms with van der Waals surface area (Å²) in [5.41, 5.74) is 0.829. The number of aromatic nitrogens is 2. The number of hydrogen-bond acceptors (Lipinski definition) is 4. The summed E-state index contributed by atoms with van der Waals surface area (Å²) < 4.78 is 1.55. The number of amides is 4. The van der Waals surface area contributed by atoms with Gasteiger partial charge in [-0.1, -0.05) is 24.3 Å². The first kappa shape index (κ1) is 15.4. The number of hydrogen-bond donors (Lipinski definition) is 2. The minimum Gasteiger partial charge on any atom is -0.319 e. The van der Waals surface area contributed by atoms with Gasteiger partial charge in [-0.3, -0.25) is 19.2 Å². The minimum atomic E-state index is -1.04. The molecule has 0 radical (unpaired) electrons. The molecule has 1 aliphatic carbocycles. The number of carbonyl (C=O) groups is 3. The molecule has 2 N–H and O–H groups in total. The van der Waals surface area contributed by atoms with Crippen molar-refractivity contribution < 1.29 is 14.4 Å². The Hall–Kier alpha value is -3.16. The van der Waals surface area contributed by atoms with Crippen LogP contribution in [0.25, 0.3) is 0 Å². The summed E-state index contributed by atoms with van der Waals surface area (Å²) >= 11 is 0. The van der Waals surface area contributed by atoms with Crippen LogP contribution in [0, 0.1) is 0 Å². The van der Waals surface area contributed by atoms with Crippen molar-refractivity contribution in [1.29, 1.82) is 0 Å². The number of anilines is 1. The van der Waals surface area contributed by atoms with Crippen LogP contribution in [0.4, 0.5) is 10.6 Å². The molecule has 8 nitrogen and oxygen atoms in total. The van der Waals surface area contributed by atoms with Crippen molar-refractivity contribution in [2.45, 2.75) is 18.4 Å². The average molecular weight is 339 g/mol. The SMILES string of the molecule is Cn1ccc(NC(=O)CN2C(=O)N[C@]3(CCc4ccccc43)C2=O)n1. The largest absolute Gasteiger partial charge is 0.325 e. The summed E-state index contributed by atoms with van der Waals surface area (Å²) in [6, 6.07) is 8.67. The van der Waals surface area contributed by atoms with E-state index >= 15 is 0 Å². The standard InChI is InChI=1S/C17H17N5O3/c1-21-9-7-13(20-21)18-14(23)10-22-15(24)17(19-16(22)25)8-6-11-4-2-3-5-12(11)17/h2-5,7,9H,6,8,10H2,1H3,(H,19,25)(H,18,20,23)/t17-/m0/s1. The molecule has 0 unspecified atom stereocenters. The van der Waals surface area contributed by atoms with E-state index in [2.05, 4.69) is 15.7 Å². The molecule has 1 spiro atoms. The van der Waals surface area contributed by atoms with Gasteiger partial charge < -0.3 is 10.6 Å². The zero-order valence-corrected chi connectivity index (χ0v) is 13.7. The monoisotopic (exact) mass is 339 g/mol. The van der Waals surface area contributed by atoms with Crippen LogP contribution in [-0.2, 0) is 28.6 Å². The Morgan fingerprint density at radius 1 is 1.32 bits per heavy atom. The topological polar surface area (TPSA) is 96.3 Å². The summed E-state index contributed by atoms with van der Waals surface area (Å²) in [4.78, 5) is 38.4. The van der Waals surface area contributed by atoms with Gasteiger partial charge in [0.05, 0.1) is 0 Å². The quantitative estimate of drug-likeness (QED) is 0.807. The lowest BCUT2D eigenvalue weighted by molar-refractivity contribution is -0.134. The van der Waals surface area contributed by atoms with E-state index in [4.69, 9.17) is 0 Å². The Labute approximate surface area is 143 Å². The van der Waals surface area contributed by atoms with Crippen LogP contribution >= 0.6 is 0 Å². The van der Waals surface area contributed by atoms with E-state index in [1.807, 2.05) is 24.3 Å². The first-order chi connectivity index (χ1) is 12.0. The lowest BCUT2D eigenvalue weighted by Gasteiger charge is -2.22. The van der Waals surface area contributed by atoms with Crippen LogP contribution < -0.4 is 10.6 Å². The fourth-order valence-corrected chi connectivity index (χ4v) is 3.54. The van der Waals surface area contributed by atoms with Gasteiger partial charge in [0.1, 0.15) is 12.1 Å². The summed E-state index contributed by atoms with van der Waals surface area (Å²) in [5, 5.41) is 9.43. The first-order valence-electron chi connectivity index (χ1n) is 8.01. The Kier molecular flexibility index (Phi) is 3.34. The molecule has 0 bridgehead atoms.